The van der Waals surface area contributed by atoms with Crippen LogP contribution in [0.5, 0.6) is 0 Å². The predicted octanol–water partition coefficient (Wildman–Crippen LogP) is 1.38. The largest absolute Gasteiger partial charge is 0.408 e. The molecule has 0 bridgehead atoms. The first-order valence-corrected chi connectivity index (χ1v) is 6.18. The van der Waals surface area contributed by atoms with Crippen LogP contribution in [0.25, 0.3) is 0 Å². The zero-order chi connectivity index (χ0) is 16.4. The highest BCUT2D eigenvalue weighted by atomic mass is 35.5. The predicted molar refractivity (Wildman–Crippen MR) is 71.0 cm³/mol. The van der Waals surface area contributed by atoms with E-state index in [1.165, 1.54) is 0 Å². The summed E-state index contributed by atoms with van der Waals surface area (Å²) in [6.07, 6.45) is -3.59. The number of nitrogens with two attached hydrogens (primary N) is 1. The lowest BCUT2D eigenvalue weighted by molar-refractivity contribution is -0.143. The number of carbonyl (C=O) groups is 1. The van der Waals surface area contributed by atoms with E-state index >= 15 is 0 Å². The number of carbonyl (C=O) groups excluding carboxylic acids is 1. The standard InChI is InChI=1S/C11H14ClF3N4O2/c1-10(2,9(16)21)4-17-6-3-18-19(5-11(13,14)15)8(20)7(6)12/h3,17H,4-5H2,1-2H3,(H2,16,21). The minimum absolute atomic E-state index is 0.0365. The van der Waals surface area contributed by atoms with Gasteiger partial charge in [0, 0.05) is 6.54 Å². The SMILES string of the molecule is CC(C)(CNc1cnn(CC(F)(F)F)c(=O)c1Cl)C(N)=O. The average Bonchev–Trinajstić information content (AvgIpc) is 2.32. The first-order chi connectivity index (χ1) is 9.44. The lowest BCUT2D eigenvalue weighted by Gasteiger charge is -2.21. The number of rotatable bonds is 5. The van der Waals surface area contributed by atoms with E-state index in [4.69, 9.17) is 17.3 Å². The van der Waals surface area contributed by atoms with Gasteiger partial charge in [-0.15, -0.1) is 0 Å². The smallest absolute Gasteiger partial charge is 0.381 e. The Balaban J connectivity index is 2.96. The molecule has 1 rings (SSSR count). The van der Waals surface area contributed by atoms with Gasteiger partial charge in [0.25, 0.3) is 5.56 Å². The Bertz CT molecular complexity index is 598. The van der Waals surface area contributed by atoms with Crippen LogP contribution in [0, 0.1) is 5.41 Å². The molecular weight excluding hydrogens is 313 g/mol. The number of hydrogen-bond donors (Lipinski definition) is 2. The van der Waals surface area contributed by atoms with Gasteiger partial charge < -0.3 is 11.1 Å². The molecule has 0 fully saturated rings. The fourth-order valence-electron chi connectivity index (χ4n) is 1.27. The second kappa shape index (κ2) is 5.92. The van der Waals surface area contributed by atoms with Crippen molar-refractivity contribution in [1.82, 2.24) is 9.78 Å². The van der Waals surface area contributed by atoms with Crippen LogP contribution in [0.4, 0.5) is 18.9 Å². The van der Waals surface area contributed by atoms with Crippen LogP contribution in [0.2, 0.25) is 5.02 Å². The molecule has 1 aromatic rings. The first-order valence-electron chi connectivity index (χ1n) is 5.80. The van der Waals surface area contributed by atoms with E-state index in [1.807, 2.05) is 0 Å². The van der Waals surface area contributed by atoms with E-state index in [0.29, 0.717) is 0 Å². The Morgan fingerprint density at radius 3 is 2.52 bits per heavy atom. The maximum absolute atomic E-state index is 12.2. The van der Waals surface area contributed by atoms with Crippen molar-refractivity contribution in [3.05, 3.63) is 21.6 Å². The second-order valence-corrected chi connectivity index (χ2v) is 5.43. The van der Waals surface area contributed by atoms with Crippen molar-refractivity contribution in [3.8, 4) is 0 Å². The van der Waals surface area contributed by atoms with Gasteiger partial charge in [0.05, 0.1) is 17.3 Å². The van der Waals surface area contributed by atoms with Crippen LogP contribution >= 0.6 is 11.6 Å². The average molecular weight is 327 g/mol. The monoisotopic (exact) mass is 326 g/mol. The summed E-state index contributed by atoms with van der Waals surface area (Å²) in [5.74, 6) is -0.579. The van der Waals surface area contributed by atoms with Crippen molar-refractivity contribution in [3.63, 3.8) is 0 Å². The van der Waals surface area contributed by atoms with Gasteiger partial charge in [0.2, 0.25) is 5.91 Å². The minimum atomic E-state index is -4.58. The third kappa shape index (κ3) is 4.62. The fourth-order valence-corrected chi connectivity index (χ4v) is 1.49. The molecule has 6 nitrogen and oxygen atoms in total. The topological polar surface area (TPSA) is 90.0 Å². The Labute approximate surface area is 123 Å². The summed E-state index contributed by atoms with van der Waals surface area (Å²) in [6, 6.07) is 0. The number of hydrogen-bond acceptors (Lipinski definition) is 4. The van der Waals surface area contributed by atoms with Gasteiger partial charge >= 0.3 is 6.18 Å². The second-order valence-electron chi connectivity index (χ2n) is 5.05. The van der Waals surface area contributed by atoms with Crippen molar-refractivity contribution in [2.45, 2.75) is 26.6 Å². The van der Waals surface area contributed by atoms with Gasteiger partial charge in [-0.3, -0.25) is 9.59 Å². The third-order valence-corrected chi connectivity index (χ3v) is 3.07. The van der Waals surface area contributed by atoms with Crippen molar-refractivity contribution in [2.24, 2.45) is 11.1 Å². The molecule has 1 amide bonds. The number of amides is 1. The summed E-state index contributed by atoms with van der Waals surface area (Å²) < 4.78 is 36.9. The van der Waals surface area contributed by atoms with Gasteiger partial charge in [-0.1, -0.05) is 11.6 Å². The van der Waals surface area contributed by atoms with Gasteiger partial charge in [-0.2, -0.15) is 18.3 Å². The summed E-state index contributed by atoms with van der Waals surface area (Å²) >= 11 is 5.72. The number of halogens is 4. The summed E-state index contributed by atoms with van der Waals surface area (Å²) in [7, 11) is 0. The molecule has 0 atom stereocenters. The molecule has 0 unspecified atom stereocenters. The van der Waals surface area contributed by atoms with Crippen molar-refractivity contribution >= 4 is 23.2 Å². The van der Waals surface area contributed by atoms with Crippen LogP contribution in [0.3, 0.4) is 0 Å². The molecule has 0 radical (unpaired) electrons. The molecule has 3 N–H and O–H groups in total. The summed E-state index contributed by atoms with van der Waals surface area (Å²) in [6.45, 7) is 1.65. The summed E-state index contributed by atoms with van der Waals surface area (Å²) in [4.78, 5) is 22.8. The maximum Gasteiger partial charge on any atom is 0.408 e. The fraction of sp³-hybridized carbons (Fsp3) is 0.545. The lowest BCUT2D eigenvalue weighted by Crippen LogP contribution is -2.38. The Morgan fingerprint density at radius 1 is 1.48 bits per heavy atom. The molecule has 118 valence electrons. The Kier molecular flexibility index (Phi) is 4.87. The normalized spacial score (nSPS) is 12.3. The molecular formula is C11H14ClF3N4O2. The number of nitrogens with zero attached hydrogens (tertiary/aromatic N) is 2. The number of primary amides is 1. The van der Waals surface area contributed by atoms with Crippen LogP contribution in [-0.4, -0.2) is 28.4 Å². The van der Waals surface area contributed by atoms with E-state index < -0.39 is 34.6 Å². The molecule has 21 heavy (non-hydrogen) atoms. The highest BCUT2D eigenvalue weighted by molar-refractivity contribution is 6.32. The van der Waals surface area contributed by atoms with Crippen LogP contribution in [0.15, 0.2) is 11.0 Å². The minimum Gasteiger partial charge on any atom is -0.381 e. The maximum atomic E-state index is 12.2. The van der Waals surface area contributed by atoms with E-state index in [-0.39, 0.29) is 16.9 Å². The van der Waals surface area contributed by atoms with Crippen molar-refractivity contribution in [2.75, 3.05) is 11.9 Å². The van der Waals surface area contributed by atoms with Gasteiger partial charge in [0.1, 0.15) is 11.6 Å². The molecule has 0 saturated heterocycles. The van der Waals surface area contributed by atoms with Crippen LogP contribution in [0.1, 0.15) is 13.8 Å². The van der Waals surface area contributed by atoms with Crippen LogP contribution in [-0.2, 0) is 11.3 Å². The summed E-state index contributed by atoms with van der Waals surface area (Å²) in [5, 5.41) is 5.63. The van der Waals surface area contributed by atoms with Crippen LogP contribution < -0.4 is 16.6 Å². The number of aromatic nitrogens is 2. The lowest BCUT2D eigenvalue weighted by atomic mass is 9.93. The number of anilines is 1. The van der Waals surface area contributed by atoms with E-state index in [9.17, 15) is 22.8 Å². The molecule has 10 heteroatoms. The molecule has 0 aliphatic rings. The highest BCUT2D eigenvalue weighted by Crippen LogP contribution is 2.21. The van der Waals surface area contributed by atoms with E-state index in [0.717, 1.165) is 6.20 Å². The third-order valence-electron chi connectivity index (χ3n) is 2.70. The van der Waals surface area contributed by atoms with E-state index in [1.54, 1.807) is 13.8 Å². The van der Waals surface area contributed by atoms with Crippen molar-refractivity contribution < 1.29 is 18.0 Å². The van der Waals surface area contributed by atoms with Gasteiger partial charge in [0.15, 0.2) is 0 Å². The molecule has 0 saturated carbocycles. The van der Waals surface area contributed by atoms with E-state index in [2.05, 4.69) is 10.4 Å². The molecule has 0 aromatic carbocycles. The van der Waals surface area contributed by atoms with Crippen molar-refractivity contribution in [1.29, 1.82) is 0 Å². The quantitative estimate of drug-likeness (QED) is 0.855. The van der Waals surface area contributed by atoms with Gasteiger partial charge in [-0.05, 0) is 13.8 Å². The zero-order valence-corrected chi connectivity index (χ0v) is 12.0. The first kappa shape index (κ1) is 17.3. The number of alkyl halides is 3. The molecule has 1 aromatic heterocycles. The Morgan fingerprint density at radius 2 is 2.05 bits per heavy atom. The zero-order valence-electron chi connectivity index (χ0n) is 11.3. The summed E-state index contributed by atoms with van der Waals surface area (Å²) in [5.41, 5.74) is 3.21. The Hall–Kier alpha value is -1.77. The van der Waals surface area contributed by atoms with Gasteiger partial charge in [-0.25, -0.2) is 4.68 Å². The molecule has 0 spiro atoms. The molecule has 1 heterocycles. The highest BCUT2D eigenvalue weighted by Gasteiger charge is 2.30. The molecule has 0 aliphatic heterocycles. The number of nitrogens with one attached hydrogen (secondary N) is 1. The molecule has 0 aliphatic carbocycles.